The van der Waals surface area contributed by atoms with E-state index < -0.39 is 0 Å². The number of hydrogen-bond acceptors (Lipinski definition) is 7. The van der Waals surface area contributed by atoms with Crippen molar-refractivity contribution in [3.63, 3.8) is 0 Å². The number of unbranched alkanes of at least 4 members (excludes halogenated alkanes) is 4. The second kappa shape index (κ2) is 16.4. The summed E-state index contributed by atoms with van der Waals surface area (Å²) in [5, 5.41) is 0. The Bertz CT molecular complexity index is 645. The van der Waals surface area contributed by atoms with Crippen molar-refractivity contribution in [1.29, 1.82) is 0 Å². The van der Waals surface area contributed by atoms with Gasteiger partial charge in [-0.05, 0) is 32.6 Å². The molecule has 0 radical (unpaired) electrons. The van der Waals surface area contributed by atoms with Gasteiger partial charge >= 0.3 is 0 Å². The van der Waals surface area contributed by atoms with E-state index in [4.69, 9.17) is 28.7 Å². The van der Waals surface area contributed by atoms with Crippen LogP contribution < -0.4 is 4.74 Å². The molecule has 1 aromatic heterocycles. The Kier molecular flexibility index (Phi) is 13.9. The number of rotatable bonds is 18. The first-order chi connectivity index (χ1) is 16.2. The molecule has 0 N–H and O–H groups in total. The normalized spacial score (nSPS) is 22.7. The lowest BCUT2D eigenvalue weighted by atomic mass is 10.0. The van der Waals surface area contributed by atoms with Gasteiger partial charge in [0.05, 0.1) is 30.8 Å². The quantitative estimate of drug-likeness (QED) is 0.261. The van der Waals surface area contributed by atoms with Gasteiger partial charge in [-0.1, -0.05) is 53.4 Å². The van der Waals surface area contributed by atoms with Gasteiger partial charge in [0.25, 0.3) is 0 Å². The van der Waals surface area contributed by atoms with E-state index in [9.17, 15) is 0 Å². The van der Waals surface area contributed by atoms with E-state index in [1.54, 1.807) is 6.20 Å². The summed E-state index contributed by atoms with van der Waals surface area (Å²) in [7, 11) is 0. The van der Waals surface area contributed by atoms with E-state index >= 15 is 0 Å². The summed E-state index contributed by atoms with van der Waals surface area (Å²) < 4.78 is 30.9. The number of aromatic nitrogens is 2. The number of nitrogens with zero attached hydrogens (tertiary/aromatic N) is 2. The van der Waals surface area contributed by atoms with E-state index in [1.807, 2.05) is 6.92 Å². The molecule has 2 rings (SSSR count). The van der Waals surface area contributed by atoms with Crippen molar-refractivity contribution < 1.29 is 23.7 Å². The van der Waals surface area contributed by atoms with Gasteiger partial charge in [-0.15, -0.1) is 0 Å². The monoisotopic (exact) mass is 466 g/mol. The third kappa shape index (κ3) is 9.12. The van der Waals surface area contributed by atoms with Crippen LogP contribution in [0.3, 0.4) is 0 Å². The maximum atomic E-state index is 6.49. The lowest BCUT2D eigenvalue weighted by Crippen LogP contribution is -2.38. The molecule has 1 fully saturated rings. The van der Waals surface area contributed by atoms with E-state index in [0.717, 1.165) is 69.4 Å². The average Bonchev–Trinajstić information content (AvgIpc) is 3.15. The molecule has 33 heavy (non-hydrogen) atoms. The molecule has 1 unspecified atom stereocenters. The highest BCUT2D eigenvalue weighted by Crippen LogP contribution is 2.37. The first-order valence-electron chi connectivity index (χ1n) is 13.1. The third-order valence-corrected chi connectivity index (χ3v) is 5.80. The van der Waals surface area contributed by atoms with Gasteiger partial charge in [-0.25, -0.2) is 9.97 Å². The van der Waals surface area contributed by atoms with Crippen LogP contribution in [0.1, 0.15) is 96.6 Å². The second-order valence-electron chi connectivity index (χ2n) is 8.79. The summed E-state index contributed by atoms with van der Waals surface area (Å²) in [5.41, 5.74) is 1.53. The fraction of sp³-hybridized carbons (Fsp3) is 0.846. The highest BCUT2D eigenvalue weighted by atomic mass is 16.6. The minimum absolute atomic E-state index is 0.192. The van der Waals surface area contributed by atoms with Gasteiger partial charge < -0.3 is 23.7 Å². The van der Waals surface area contributed by atoms with Crippen LogP contribution in [0.4, 0.5) is 0 Å². The summed E-state index contributed by atoms with van der Waals surface area (Å²) in [6.07, 6.45) is 9.18. The van der Waals surface area contributed by atoms with Crippen LogP contribution in [-0.4, -0.2) is 61.3 Å². The maximum absolute atomic E-state index is 6.49. The minimum Gasteiger partial charge on any atom is -0.476 e. The molecule has 0 bridgehead atoms. The van der Waals surface area contributed by atoms with Crippen molar-refractivity contribution in [2.45, 2.75) is 110 Å². The van der Waals surface area contributed by atoms with E-state index in [0.29, 0.717) is 32.3 Å². The largest absolute Gasteiger partial charge is 0.476 e. The molecule has 4 atom stereocenters. The fourth-order valence-corrected chi connectivity index (χ4v) is 3.74. The smallest absolute Gasteiger partial charge is 0.235 e. The van der Waals surface area contributed by atoms with Crippen LogP contribution in [0.25, 0.3) is 0 Å². The molecular formula is C26H46N2O5. The minimum atomic E-state index is -0.343. The highest BCUT2D eigenvalue weighted by Gasteiger charge is 2.47. The van der Waals surface area contributed by atoms with E-state index in [-0.39, 0.29) is 24.4 Å². The molecule has 2 heterocycles. The predicted molar refractivity (Wildman–Crippen MR) is 130 cm³/mol. The van der Waals surface area contributed by atoms with Crippen LogP contribution in [0.15, 0.2) is 6.20 Å². The van der Waals surface area contributed by atoms with Crippen molar-refractivity contribution in [3.05, 3.63) is 17.6 Å². The summed E-state index contributed by atoms with van der Waals surface area (Å²) in [6, 6.07) is 0. The molecular weight excluding hydrogens is 420 g/mol. The average molecular weight is 467 g/mol. The molecule has 7 heteroatoms. The Balaban J connectivity index is 2.19. The molecule has 0 aromatic carbocycles. The molecule has 1 aliphatic rings. The van der Waals surface area contributed by atoms with E-state index in [1.165, 1.54) is 0 Å². The van der Waals surface area contributed by atoms with Crippen molar-refractivity contribution >= 4 is 0 Å². The molecule has 0 aliphatic carbocycles. The van der Waals surface area contributed by atoms with Crippen molar-refractivity contribution in [2.75, 3.05) is 33.0 Å². The Morgan fingerprint density at radius 3 is 2.06 bits per heavy atom. The second-order valence-corrected chi connectivity index (χ2v) is 8.79. The molecule has 0 saturated carbocycles. The highest BCUT2D eigenvalue weighted by molar-refractivity contribution is 5.21. The standard InChI is InChI=1S/C26H46N2O5/c1-6-10-14-29-19-22-24(30-15-11-7-2)25(31-16-12-8-3)23(33-22)21-18-27-26(20(5)28-21)32-17-13-9-4/h18,22-25H,6-17,19H2,1-5H3/t22-,23+,24?,25-/m1/s1. The zero-order valence-electron chi connectivity index (χ0n) is 21.5. The first kappa shape index (κ1) is 28.0. The molecule has 1 aromatic rings. The summed E-state index contributed by atoms with van der Waals surface area (Å²) in [5.74, 6) is 0.587. The topological polar surface area (TPSA) is 71.9 Å². The zero-order valence-corrected chi connectivity index (χ0v) is 21.5. The number of aryl methyl sites for hydroxylation is 1. The Labute approximate surface area is 200 Å². The number of ether oxygens (including phenoxy) is 5. The molecule has 190 valence electrons. The SMILES string of the molecule is CCCCOC[C@H]1O[C@@H](c2cnc(OCCCC)c(C)n2)[C@@H](OCCCC)C1OCCCC. The molecule has 1 saturated heterocycles. The molecule has 7 nitrogen and oxygen atoms in total. The predicted octanol–water partition coefficient (Wildman–Crippen LogP) is 5.59. The lowest BCUT2D eigenvalue weighted by Gasteiger charge is -2.25. The van der Waals surface area contributed by atoms with Gasteiger partial charge in [-0.3, -0.25) is 0 Å². The zero-order chi connectivity index (χ0) is 23.9. The molecule has 0 amide bonds. The van der Waals surface area contributed by atoms with Crippen molar-refractivity contribution in [2.24, 2.45) is 0 Å². The van der Waals surface area contributed by atoms with Gasteiger partial charge in [0.1, 0.15) is 24.4 Å². The number of hydrogen-bond donors (Lipinski definition) is 0. The third-order valence-electron chi connectivity index (χ3n) is 5.80. The van der Waals surface area contributed by atoms with Crippen molar-refractivity contribution in [1.82, 2.24) is 9.97 Å². The summed E-state index contributed by atoms with van der Waals surface area (Å²) >= 11 is 0. The first-order valence-corrected chi connectivity index (χ1v) is 13.1. The maximum Gasteiger partial charge on any atom is 0.235 e. The fourth-order valence-electron chi connectivity index (χ4n) is 3.74. The Hall–Kier alpha value is -1.28. The van der Waals surface area contributed by atoms with Crippen LogP contribution in [-0.2, 0) is 18.9 Å². The van der Waals surface area contributed by atoms with Crippen LogP contribution >= 0.6 is 0 Å². The van der Waals surface area contributed by atoms with Crippen molar-refractivity contribution in [3.8, 4) is 5.88 Å². The van der Waals surface area contributed by atoms with Crippen LogP contribution in [0.5, 0.6) is 5.88 Å². The van der Waals surface area contributed by atoms with Gasteiger partial charge in [0.15, 0.2) is 0 Å². The van der Waals surface area contributed by atoms with Gasteiger partial charge in [0.2, 0.25) is 5.88 Å². The Morgan fingerprint density at radius 1 is 0.818 bits per heavy atom. The van der Waals surface area contributed by atoms with Gasteiger partial charge in [0, 0.05) is 19.8 Å². The van der Waals surface area contributed by atoms with Gasteiger partial charge in [-0.2, -0.15) is 0 Å². The van der Waals surface area contributed by atoms with E-state index in [2.05, 4.69) is 32.7 Å². The van der Waals surface area contributed by atoms with Crippen LogP contribution in [0.2, 0.25) is 0 Å². The molecule has 1 aliphatic heterocycles. The summed E-state index contributed by atoms with van der Waals surface area (Å²) in [4.78, 5) is 9.34. The lowest BCUT2D eigenvalue weighted by molar-refractivity contribution is -0.0795. The Morgan fingerprint density at radius 2 is 1.42 bits per heavy atom. The molecule has 0 spiro atoms. The van der Waals surface area contributed by atoms with Crippen LogP contribution in [0, 0.1) is 6.92 Å². The summed E-state index contributed by atoms with van der Waals surface area (Å²) in [6.45, 7) is 13.8.